The first-order valence-corrected chi connectivity index (χ1v) is 5.93. The van der Waals surface area contributed by atoms with E-state index in [1.165, 1.54) is 5.56 Å². The van der Waals surface area contributed by atoms with Crippen molar-refractivity contribution in [2.45, 2.75) is 46.0 Å². The Morgan fingerprint density at radius 2 is 1.82 bits per heavy atom. The fourth-order valence-corrected chi connectivity index (χ4v) is 1.82. The lowest BCUT2D eigenvalue weighted by Crippen LogP contribution is -2.13. The van der Waals surface area contributed by atoms with Crippen LogP contribution in [0, 0.1) is 11.3 Å². The van der Waals surface area contributed by atoms with Crippen molar-refractivity contribution in [2.75, 3.05) is 7.11 Å². The van der Waals surface area contributed by atoms with E-state index in [0.29, 0.717) is 11.5 Å². The van der Waals surface area contributed by atoms with Crippen LogP contribution in [0.15, 0.2) is 12.1 Å². The molecule has 17 heavy (non-hydrogen) atoms. The van der Waals surface area contributed by atoms with Gasteiger partial charge in [0.15, 0.2) is 0 Å². The smallest absolute Gasteiger partial charge is 0.140 e. The van der Waals surface area contributed by atoms with Crippen LogP contribution in [-0.4, -0.2) is 7.11 Å². The lowest BCUT2D eigenvalue weighted by molar-refractivity contribution is 0.405. The molecule has 1 aromatic rings. The zero-order valence-electron chi connectivity index (χ0n) is 11.6. The maximum Gasteiger partial charge on any atom is 0.140 e. The molecule has 0 heterocycles. The van der Waals surface area contributed by atoms with Gasteiger partial charge in [-0.2, -0.15) is 5.26 Å². The van der Waals surface area contributed by atoms with Crippen molar-refractivity contribution in [2.24, 2.45) is 0 Å². The number of ether oxygens (including phenoxy) is 1. The van der Waals surface area contributed by atoms with E-state index < -0.39 is 0 Å². The molecule has 0 aromatic heterocycles. The first-order valence-electron chi connectivity index (χ1n) is 5.93. The van der Waals surface area contributed by atoms with E-state index in [1.807, 2.05) is 6.07 Å². The highest BCUT2D eigenvalue weighted by Crippen LogP contribution is 2.35. The van der Waals surface area contributed by atoms with Gasteiger partial charge in [0.05, 0.1) is 12.7 Å². The highest BCUT2D eigenvalue weighted by atomic mass is 16.5. The number of methoxy groups -OCH3 is 1. The lowest BCUT2D eigenvalue weighted by atomic mass is 9.83. The van der Waals surface area contributed by atoms with Crippen LogP contribution in [0.4, 0.5) is 0 Å². The Balaban J connectivity index is 3.53. The molecule has 0 aliphatic heterocycles. The Bertz CT molecular complexity index is 447. The molecule has 1 rings (SSSR count). The Morgan fingerprint density at radius 3 is 2.18 bits per heavy atom. The maximum atomic E-state index is 9.22. The number of nitriles is 1. The average Bonchev–Trinajstić information content (AvgIpc) is 2.25. The average molecular weight is 231 g/mol. The molecule has 0 amide bonds. The van der Waals surface area contributed by atoms with Gasteiger partial charge in [-0.05, 0) is 28.5 Å². The van der Waals surface area contributed by atoms with Crippen LogP contribution in [0.2, 0.25) is 0 Å². The molecule has 0 spiro atoms. The molecule has 0 saturated carbocycles. The molecule has 0 saturated heterocycles. The number of nitrogens with zero attached hydrogens (tertiary/aromatic N) is 1. The van der Waals surface area contributed by atoms with Crippen molar-refractivity contribution in [1.82, 2.24) is 0 Å². The summed E-state index contributed by atoms with van der Waals surface area (Å²) in [7, 11) is 1.62. The first-order chi connectivity index (χ1) is 7.81. The third-order valence-corrected chi connectivity index (χ3v) is 2.93. The Hall–Kier alpha value is -1.49. The second-order valence-electron chi connectivity index (χ2n) is 5.66. The summed E-state index contributed by atoms with van der Waals surface area (Å²) in [5.41, 5.74) is 2.96. The van der Waals surface area contributed by atoms with Crippen molar-refractivity contribution in [3.63, 3.8) is 0 Å². The van der Waals surface area contributed by atoms with Crippen molar-refractivity contribution in [3.8, 4) is 11.8 Å². The van der Waals surface area contributed by atoms with Crippen molar-refractivity contribution >= 4 is 0 Å². The standard InChI is InChI=1S/C15H21NO/c1-10(2)13-8-12(15(3,4)5)7-11(9-16)14(13)17-6/h7-8,10H,1-6H3. The minimum atomic E-state index is 0.0432. The van der Waals surface area contributed by atoms with Gasteiger partial charge in [-0.3, -0.25) is 0 Å². The largest absolute Gasteiger partial charge is 0.495 e. The normalized spacial score (nSPS) is 11.4. The second-order valence-corrected chi connectivity index (χ2v) is 5.66. The first kappa shape index (κ1) is 13.6. The predicted molar refractivity (Wildman–Crippen MR) is 70.5 cm³/mol. The monoisotopic (exact) mass is 231 g/mol. The summed E-state index contributed by atoms with van der Waals surface area (Å²) in [5, 5.41) is 9.22. The molecule has 2 nitrogen and oxygen atoms in total. The summed E-state index contributed by atoms with van der Waals surface area (Å²) in [6.45, 7) is 10.7. The van der Waals surface area contributed by atoms with Crippen LogP contribution >= 0.6 is 0 Å². The molecule has 0 atom stereocenters. The van der Waals surface area contributed by atoms with Crippen LogP contribution in [0.5, 0.6) is 5.75 Å². The van der Waals surface area contributed by atoms with Gasteiger partial charge in [-0.25, -0.2) is 0 Å². The van der Waals surface area contributed by atoms with Gasteiger partial charge in [-0.1, -0.05) is 40.7 Å². The van der Waals surface area contributed by atoms with Crippen LogP contribution in [-0.2, 0) is 5.41 Å². The molecule has 0 radical (unpaired) electrons. The second kappa shape index (κ2) is 4.79. The summed E-state index contributed by atoms with van der Waals surface area (Å²) in [4.78, 5) is 0. The third kappa shape index (κ3) is 2.79. The van der Waals surface area contributed by atoms with Crippen LogP contribution in [0.25, 0.3) is 0 Å². The molecule has 92 valence electrons. The highest BCUT2D eigenvalue weighted by Gasteiger charge is 2.20. The van der Waals surface area contributed by atoms with Gasteiger partial charge in [-0.15, -0.1) is 0 Å². The van der Waals surface area contributed by atoms with Crippen LogP contribution in [0.3, 0.4) is 0 Å². The Kier molecular flexibility index (Phi) is 3.83. The molecule has 0 aliphatic carbocycles. The van der Waals surface area contributed by atoms with E-state index in [4.69, 9.17) is 4.74 Å². The fourth-order valence-electron chi connectivity index (χ4n) is 1.82. The molecule has 0 fully saturated rings. The fraction of sp³-hybridized carbons (Fsp3) is 0.533. The molecular formula is C15H21NO. The number of rotatable bonds is 2. The Labute approximate surface area is 104 Å². The summed E-state index contributed by atoms with van der Waals surface area (Å²) in [6.07, 6.45) is 0. The minimum absolute atomic E-state index is 0.0432. The number of benzene rings is 1. The van der Waals surface area contributed by atoms with E-state index in [9.17, 15) is 5.26 Å². The zero-order chi connectivity index (χ0) is 13.2. The SMILES string of the molecule is COc1c(C#N)cc(C(C)(C)C)cc1C(C)C. The summed E-state index contributed by atoms with van der Waals surface area (Å²) < 4.78 is 5.37. The number of hydrogen-bond acceptors (Lipinski definition) is 2. The van der Waals surface area contributed by atoms with E-state index >= 15 is 0 Å². The highest BCUT2D eigenvalue weighted by molar-refractivity contribution is 5.53. The van der Waals surface area contributed by atoms with Gasteiger partial charge < -0.3 is 4.74 Å². The molecule has 1 aromatic carbocycles. The van der Waals surface area contributed by atoms with E-state index in [-0.39, 0.29) is 5.41 Å². The molecule has 0 aliphatic rings. The van der Waals surface area contributed by atoms with Crippen molar-refractivity contribution < 1.29 is 4.74 Å². The molecular weight excluding hydrogens is 210 g/mol. The molecule has 0 unspecified atom stereocenters. The van der Waals surface area contributed by atoms with Gasteiger partial charge >= 0.3 is 0 Å². The summed E-state index contributed by atoms with van der Waals surface area (Å²) >= 11 is 0. The van der Waals surface area contributed by atoms with Gasteiger partial charge in [0.2, 0.25) is 0 Å². The van der Waals surface area contributed by atoms with E-state index in [0.717, 1.165) is 11.3 Å². The lowest BCUT2D eigenvalue weighted by Gasteiger charge is -2.23. The minimum Gasteiger partial charge on any atom is -0.495 e. The van der Waals surface area contributed by atoms with Crippen molar-refractivity contribution in [1.29, 1.82) is 5.26 Å². The van der Waals surface area contributed by atoms with Crippen LogP contribution in [0.1, 0.15) is 57.2 Å². The Morgan fingerprint density at radius 1 is 1.24 bits per heavy atom. The van der Waals surface area contributed by atoms with Gasteiger partial charge in [0.25, 0.3) is 0 Å². The molecule has 0 bridgehead atoms. The third-order valence-electron chi connectivity index (χ3n) is 2.93. The zero-order valence-corrected chi connectivity index (χ0v) is 11.6. The maximum absolute atomic E-state index is 9.22. The molecule has 2 heteroatoms. The summed E-state index contributed by atoms with van der Waals surface area (Å²) in [6, 6.07) is 6.32. The van der Waals surface area contributed by atoms with Gasteiger partial charge in [0, 0.05) is 0 Å². The van der Waals surface area contributed by atoms with Crippen molar-refractivity contribution in [3.05, 3.63) is 28.8 Å². The summed E-state index contributed by atoms with van der Waals surface area (Å²) in [5.74, 6) is 1.06. The quantitative estimate of drug-likeness (QED) is 0.771. The van der Waals surface area contributed by atoms with E-state index in [1.54, 1.807) is 7.11 Å². The number of hydrogen-bond donors (Lipinski definition) is 0. The topological polar surface area (TPSA) is 33.0 Å². The van der Waals surface area contributed by atoms with Crippen LogP contribution < -0.4 is 4.74 Å². The predicted octanol–water partition coefficient (Wildman–Crippen LogP) is 3.99. The molecule has 0 N–H and O–H groups in total. The van der Waals surface area contributed by atoms with Gasteiger partial charge in [0.1, 0.15) is 11.8 Å². The van der Waals surface area contributed by atoms with E-state index in [2.05, 4.69) is 46.8 Å².